The molecule has 2 atom stereocenters. The lowest BCUT2D eigenvalue weighted by atomic mass is 10.2. The minimum atomic E-state index is -0.617. The van der Waals surface area contributed by atoms with E-state index in [4.69, 9.17) is 18.9 Å². The highest BCUT2D eigenvalue weighted by molar-refractivity contribution is 6.04. The monoisotopic (exact) mass is 469 g/mol. The normalized spacial score (nSPS) is 22.3. The molecule has 0 saturated carbocycles. The summed E-state index contributed by atoms with van der Waals surface area (Å²) < 4.78 is 21.9. The first-order valence-electron chi connectivity index (χ1n) is 11.2. The van der Waals surface area contributed by atoms with Crippen molar-refractivity contribution in [1.82, 2.24) is 9.97 Å². The van der Waals surface area contributed by atoms with Gasteiger partial charge in [0.2, 0.25) is 0 Å². The number of pyridine rings is 2. The van der Waals surface area contributed by atoms with Gasteiger partial charge in [-0.15, -0.1) is 0 Å². The Bertz CT molecular complexity index is 1110. The summed E-state index contributed by atoms with van der Waals surface area (Å²) >= 11 is 0. The van der Waals surface area contributed by atoms with Gasteiger partial charge in [-0.1, -0.05) is 0 Å². The first kappa shape index (κ1) is 22.4. The van der Waals surface area contributed by atoms with Crippen molar-refractivity contribution in [2.75, 3.05) is 48.5 Å². The van der Waals surface area contributed by atoms with Crippen LogP contribution in [-0.4, -0.2) is 73.3 Å². The molecule has 34 heavy (non-hydrogen) atoms. The highest BCUT2D eigenvalue weighted by Gasteiger charge is 2.40. The molecule has 0 spiro atoms. The van der Waals surface area contributed by atoms with E-state index in [0.29, 0.717) is 37.1 Å². The number of methoxy groups -OCH3 is 1. The molecule has 2 aromatic heterocycles. The van der Waals surface area contributed by atoms with E-state index in [1.165, 1.54) is 7.11 Å². The molecule has 5 heterocycles. The van der Waals surface area contributed by atoms with Gasteiger partial charge in [-0.3, -0.25) is 10.2 Å². The zero-order valence-electron chi connectivity index (χ0n) is 19.3. The van der Waals surface area contributed by atoms with Crippen molar-refractivity contribution < 1.29 is 28.5 Å². The Hall–Kier alpha value is -3.44. The third-order valence-corrected chi connectivity index (χ3v) is 6.03. The van der Waals surface area contributed by atoms with Crippen LogP contribution in [0.4, 0.5) is 22.1 Å². The molecule has 2 fully saturated rings. The molecule has 3 aliphatic heterocycles. The molecular formula is C23H27N5O6. The molecule has 0 unspecified atom stereocenters. The number of nitrogens with one attached hydrogen (secondary N) is 1. The second-order valence-electron chi connectivity index (χ2n) is 8.86. The highest BCUT2D eigenvalue weighted by Crippen LogP contribution is 2.39. The van der Waals surface area contributed by atoms with Gasteiger partial charge >= 0.3 is 12.0 Å². The smallest absolute Gasteiger partial charge is 0.356 e. The third-order valence-electron chi connectivity index (χ3n) is 6.03. The number of aromatic nitrogens is 2. The topological polar surface area (TPSA) is 115 Å². The lowest BCUT2D eigenvalue weighted by Gasteiger charge is -2.35. The van der Waals surface area contributed by atoms with Crippen LogP contribution in [0.1, 0.15) is 30.8 Å². The van der Waals surface area contributed by atoms with Crippen LogP contribution in [0.2, 0.25) is 0 Å². The molecule has 0 aliphatic carbocycles. The Morgan fingerprint density at radius 1 is 1.29 bits per heavy atom. The molecule has 0 aromatic carbocycles. The summed E-state index contributed by atoms with van der Waals surface area (Å²) in [4.78, 5) is 37.8. The quantitative estimate of drug-likeness (QED) is 0.659. The number of esters is 1. The number of anilines is 3. The van der Waals surface area contributed by atoms with Gasteiger partial charge in [-0.05, 0) is 38.5 Å². The van der Waals surface area contributed by atoms with Crippen molar-refractivity contribution in [1.29, 1.82) is 0 Å². The summed E-state index contributed by atoms with van der Waals surface area (Å²) in [5.74, 6) is 0.159. The van der Waals surface area contributed by atoms with Crippen molar-refractivity contribution >= 4 is 29.3 Å². The Morgan fingerprint density at radius 2 is 2.15 bits per heavy atom. The van der Waals surface area contributed by atoms with Crippen LogP contribution in [0, 0.1) is 0 Å². The maximum absolute atomic E-state index is 13.3. The van der Waals surface area contributed by atoms with E-state index in [9.17, 15) is 9.59 Å². The van der Waals surface area contributed by atoms with Crippen LogP contribution in [0.3, 0.4) is 0 Å². The Balaban J connectivity index is 1.31. The van der Waals surface area contributed by atoms with Gasteiger partial charge < -0.3 is 23.8 Å². The average Bonchev–Trinajstić information content (AvgIpc) is 3.40. The lowest BCUT2D eigenvalue weighted by Crippen LogP contribution is -2.48. The number of carbonyl (C=O) groups is 2. The van der Waals surface area contributed by atoms with Gasteiger partial charge in [0.25, 0.3) is 0 Å². The van der Waals surface area contributed by atoms with Crippen LogP contribution in [0.5, 0.6) is 5.75 Å². The number of fused-ring (bicyclic) bond motifs is 4. The van der Waals surface area contributed by atoms with Crippen LogP contribution < -0.4 is 19.9 Å². The minimum Gasteiger partial charge on any atom is -0.491 e. The van der Waals surface area contributed by atoms with E-state index in [0.717, 1.165) is 18.7 Å². The zero-order valence-corrected chi connectivity index (χ0v) is 19.3. The number of ether oxygens (including phenoxy) is 4. The first-order chi connectivity index (χ1) is 16.3. The third kappa shape index (κ3) is 4.36. The minimum absolute atomic E-state index is 0.0600. The Morgan fingerprint density at radius 3 is 2.91 bits per heavy atom. The first-order valence-corrected chi connectivity index (χ1v) is 11.2. The van der Waals surface area contributed by atoms with Gasteiger partial charge in [0.05, 0.1) is 25.4 Å². The fraction of sp³-hybridized carbons (Fsp3) is 0.478. The number of rotatable bonds is 5. The molecule has 11 heteroatoms. The average molecular weight is 469 g/mol. The molecule has 1 N–H and O–H groups in total. The van der Waals surface area contributed by atoms with E-state index >= 15 is 0 Å². The highest BCUT2D eigenvalue weighted by atomic mass is 16.7. The predicted molar refractivity (Wildman–Crippen MR) is 122 cm³/mol. The van der Waals surface area contributed by atoms with Crippen molar-refractivity contribution in [2.45, 2.75) is 38.2 Å². The molecule has 11 nitrogen and oxygen atoms in total. The number of urea groups is 1. The summed E-state index contributed by atoms with van der Waals surface area (Å²) in [5, 5.41) is 2.84. The fourth-order valence-corrected chi connectivity index (χ4v) is 4.46. The van der Waals surface area contributed by atoms with Crippen LogP contribution in [-0.2, 0) is 14.2 Å². The number of hydrogen-bond acceptors (Lipinski definition) is 9. The summed E-state index contributed by atoms with van der Waals surface area (Å²) in [7, 11) is 1.30. The largest absolute Gasteiger partial charge is 0.491 e. The molecule has 2 bridgehead atoms. The lowest BCUT2D eigenvalue weighted by molar-refractivity contribution is -0.141. The van der Waals surface area contributed by atoms with Crippen molar-refractivity contribution in [3.63, 3.8) is 0 Å². The van der Waals surface area contributed by atoms with Crippen molar-refractivity contribution in [2.24, 2.45) is 0 Å². The maximum Gasteiger partial charge on any atom is 0.356 e. The Labute approximate surface area is 197 Å². The molecule has 180 valence electrons. The predicted octanol–water partition coefficient (Wildman–Crippen LogP) is 2.42. The molecule has 0 radical (unpaired) electrons. The summed E-state index contributed by atoms with van der Waals surface area (Å²) in [6, 6.07) is 6.35. The summed E-state index contributed by atoms with van der Waals surface area (Å²) in [5.41, 5.74) is 0.958. The summed E-state index contributed by atoms with van der Waals surface area (Å²) in [6.45, 7) is 6.01. The fourth-order valence-electron chi connectivity index (χ4n) is 4.46. The van der Waals surface area contributed by atoms with E-state index in [-0.39, 0.29) is 23.9 Å². The van der Waals surface area contributed by atoms with Gasteiger partial charge in [0, 0.05) is 25.4 Å². The second kappa shape index (κ2) is 8.73. The summed E-state index contributed by atoms with van der Waals surface area (Å²) in [6.07, 6.45) is 2.19. The Kier molecular flexibility index (Phi) is 5.74. The number of nitrogens with zero attached hydrogens (tertiary/aromatic N) is 4. The van der Waals surface area contributed by atoms with E-state index in [1.54, 1.807) is 35.4 Å². The zero-order chi connectivity index (χ0) is 23.9. The van der Waals surface area contributed by atoms with Crippen LogP contribution in [0.15, 0.2) is 30.5 Å². The van der Waals surface area contributed by atoms with Gasteiger partial charge in [-0.2, -0.15) is 0 Å². The van der Waals surface area contributed by atoms with Crippen molar-refractivity contribution in [3.8, 4) is 5.75 Å². The van der Waals surface area contributed by atoms with Gasteiger partial charge in [0.1, 0.15) is 24.3 Å². The molecular weight excluding hydrogens is 442 g/mol. The van der Waals surface area contributed by atoms with E-state index < -0.39 is 11.8 Å². The van der Waals surface area contributed by atoms with E-state index in [1.807, 2.05) is 13.8 Å². The molecule has 5 rings (SSSR count). The molecule has 2 amide bonds. The molecule has 2 saturated heterocycles. The number of carbonyl (C=O) groups excluding carboxylic acids is 2. The van der Waals surface area contributed by atoms with Crippen molar-refractivity contribution in [3.05, 3.63) is 36.2 Å². The maximum atomic E-state index is 13.3. The van der Waals surface area contributed by atoms with Crippen LogP contribution >= 0.6 is 0 Å². The second-order valence-corrected chi connectivity index (χ2v) is 8.86. The number of amides is 2. The molecule has 3 aliphatic rings. The molecule has 2 aromatic rings. The van der Waals surface area contributed by atoms with Crippen LogP contribution in [0.25, 0.3) is 0 Å². The number of hydrogen-bond donors (Lipinski definition) is 1. The van der Waals surface area contributed by atoms with E-state index in [2.05, 4.69) is 20.2 Å². The van der Waals surface area contributed by atoms with Gasteiger partial charge in [0.15, 0.2) is 17.3 Å². The van der Waals surface area contributed by atoms with Gasteiger partial charge in [-0.25, -0.2) is 19.6 Å². The SMILES string of the molecule is COC(=O)c1ccc2c(n1)N(C(=O)Nc1cc(OC[C@H]3COC(C)(C)O3)ccn1)[C@H]1CCN2C1. The standard InChI is InChI=1S/C23H27N5O6/c1-23(2)33-13-16(34-23)12-32-15-6-8-24-19(10-15)26-22(30)28-14-7-9-27(11-14)18-5-4-17(21(29)31-3)25-20(18)28/h4-6,8,10,14,16H,7,9,11-13H2,1-3H3,(H,24,26,30)/t14-,16-/m0/s1.